The number of fused-ring (bicyclic) bond motifs is 1. The van der Waals surface area contributed by atoms with Crippen molar-refractivity contribution in [1.82, 2.24) is 0 Å². The summed E-state index contributed by atoms with van der Waals surface area (Å²) in [5, 5.41) is 19.7. The van der Waals surface area contributed by atoms with Gasteiger partial charge >= 0.3 is 0 Å². The lowest BCUT2D eigenvalue weighted by molar-refractivity contribution is 0.103. The zero-order valence-electron chi connectivity index (χ0n) is 15.1. The van der Waals surface area contributed by atoms with Crippen LogP contribution >= 0.6 is 31.9 Å². The van der Waals surface area contributed by atoms with Gasteiger partial charge in [-0.1, -0.05) is 12.1 Å². The van der Waals surface area contributed by atoms with Gasteiger partial charge in [-0.15, -0.1) is 0 Å². The molecule has 0 fully saturated rings. The zero-order chi connectivity index (χ0) is 20.2. The summed E-state index contributed by atoms with van der Waals surface area (Å²) in [6, 6.07) is 0.855. The Hall–Kier alpha value is -1.86. The number of phenols is 2. The second kappa shape index (κ2) is 6.22. The van der Waals surface area contributed by atoms with E-state index in [0.29, 0.717) is 0 Å². The summed E-state index contributed by atoms with van der Waals surface area (Å²) in [6.45, 7) is 1.13. The van der Waals surface area contributed by atoms with Crippen molar-refractivity contribution in [3.63, 3.8) is 0 Å². The van der Waals surface area contributed by atoms with Crippen molar-refractivity contribution in [2.75, 3.05) is 0 Å². The van der Waals surface area contributed by atoms with E-state index in [0.717, 1.165) is 6.92 Å². The minimum atomic E-state index is -1.75. The fraction of sp³-hybridized carbons (Fsp3) is 0.118. The molecule has 0 radical (unpaired) electrons. The Morgan fingerprint density at radius 1 is 1.29 bits per heavy atom. The third kappa shape index (κ3) is 2.71. The van der Waals surface area contributed by atoms with Gasteiger partial charge in [0.1, 0.15) is 5.75 Å². The molecule has 7 heteroatoms. The minimum absolute atomic E-state index is 0.0523. The molecular formula is C17H11Br2FO4. The molecule has 1 heterocycles. The first kappa shape index (κ1) is 13.4. The predicted molar refractivity (Wildman–Crippen MR) is 94.3 cm³/mol. The number of hydrogen-bond acceptors (Lipinski definition) is 4. The van der Waals surface area contributed by atoms with Gasteiger partial charge in [0.15, 0.2) is 29.0 Å². The molecule has 0 saturated heterocycles. The largest absolute Gasteiger partial charge is 0.506 e. The summed E-state index contributed by atoms with van der Waals surface area (Å²) in [5.74, 6) is -2.00. The molecule has 0 amide bonds. The molecular weight excluding hydrogens is 447 g/mol. The summed E-state index contributed by atoms with van der Waals surface area (Å²) in [6.07, 6.45) is -1.75. The van der Waals surface area contributed by atoms with Gasteiger partial charge in [0.2, 0.25) is 0 Å². The third-order valence-corrected chi connectivity index (χ3v) is 4.60. The second-order valence-electron chi connectivity index (χ2n) is 5.00. The molecule has 2 aromatic carbocycles. The number of furan rings is 1. The van der Waals surface area contributed by atoms with Crippen LogP contribution < -0.4 is 0 Å². The summed E-state index contributed by atoms with van der Waals surface area (Å²) >= 11 is 6.22. The third-order valence-electron chi connectivity index (χ3n) is 3.39. The van der Waals surface area contributed by atoms with Crippen LogP contribution in [0.5, 0.6) is 11.5 Å². The first-order valence-electron chi connectivity index (χ1n) is 8.18. The first-order chi connectivity index (χ1) is 12.6. The number of hydrogen-bond donors (Lipinski definition) is 2. The summed E-state index contributed by atoms with van der Waals surface area (Å²) in [7, 11) is 0. The number of carbonyl (C=O) groups is 1. The monoisotopic (exact) mass is 459 g/mol. The van der Waals surface area contributed by atoms with Crippen molar-refractivity contribution < 1.29 is 27.9 Å². The van der Waals surface area contributed by atoms with E-state index in [2.05, 4.69) is 31.9 Å². The van der Waals surface area contributed by atoms with Crippen LogP contribution in [0.25, 0.3) is 11.0 Å². The smallest absolute Gasteiger partial charge is 0.197 e. The number of benzene rings is 2. The van der Waals surface area contributed by atoms with Crippen LogP contribution in [0.4, 0.5) is 4.39 Å². The number of alkyl halides is 1. The number of carbonyl (C=O) groups excluding carboxylic acids is 1. The lowest BCUT2D eigenvalue weighted by Gasteiger charge is -2.07. The summed E-state index contributed by atoms with van der Waals surface area (Å²) < 4.78 is 43.4. The predicted octanol–water partition coefficient (Wildman–Crippen LogP) is 5.63. The van der Waals surface area contributed by atoms with Crippen LogP contribution in [0.2, 0.25) is 0 Å². The van der Waals surface area contributed by atoms with E-state index in [4.69, 9.17) is 8.53 Å². The molecule has 1 atom stereocenters. The van der Waals surface area contributed by atoms with Gasteiger partial charge in [0, 0.05) is 10.9 Å². The molecule has 1 aromatic heterocycles. The molecule has 0 aliphatic carbocycles. The van der Waals surface area contributed by atoms with Crippen LogP contribution in [0.15, 0.2) is 43.6 Å². The molecule has 2 N–H and O–H groups in total. The van der Waals surface area contributed by atoms with Crippen LogP contribution in [0, 0.1) is 0 Å². The highest BCUT2D eigenvalue weighted by atomic mass is 79.9. The number of ketones is 1. The van der Waals surface area contributed by atoms with Crippen molar-refractivity contribution in [2.24, 2.45) is 0 Å². The van der Waals surface area contributed by atoms with Crippen molar-refractivity contribution in [1.29, 1.82) is 0 Å². The Bertz CT molecular complexity index is 1090. The van der Waals surface area contributed by atoms with E-state index in [1.807, 2.05) is 0 Å². The highest BCUT2D eigenvalue weighted by molar-refractivity contribution is 9.11. The molecule has 1 unspecified atom stereocenters. The van der Waals surface area contributed by atoms with Gasteiger partial charge < -0.3 is 14.6 Å². The molecule has 0 spiro atoms. The number of para-hydroxylation sites is 1. The average Bonchev–Trinajstić information content (AvgIpc) is 3.02. The second-order valence-corrected chi connectivity index (χ2v) is 6.71. The number of phenolic OH excluding ortho intramolecular Hbond substituents is 2. The molecule has 3 aromatic rings. The van der Waals surface area contributed by atoms with E-state index >= 15 is 0 Å². The lowest BCUT2D eigenvalue weighted by Crippen LogP contribution is -2.04. The Kier molecular flexibility index (Phi) is 3.48. The number of halogens is 3. The number of aromatic hydroxyl groups is 2. The fourth-order valence-electron chi connectivity index (χ4n) is 2.29. The number of rotatable bonds is 3. The Labute approximate surface area is 157 Å². The molecule has 0 aliphatic heterocycles. The minimum Gasteiger partial charge on any atom is -0.506 e. The zero-order valence-corrected chi connectivity index (χ0v) is 15.2. The van der Waals surface area contributed by atoms with Crippen molar-refractivity contribution in [2.45, 2.75) is 13.1 Å². The van der Waals surface area contributed by atoms with Gasteiger partial charge in [0.05, 0.1) is 18.6 Å². The molecule has 0 aliphatic rings. The topological polar surface area (TPSA) is 70.7 Å². The van der Waals surface area contributed by atoms with Gasteiger partial charge in [-0.05, 0) is 57.0 Å². The molecule has 0 saturated carbocycles. The molecule has 4 nitrogen and oxygen atoms in total. The maximum absolute atomic E-state index is 14.2. The van der Waals surface area contributed by atoms with E-state index < -0.39 is 41.6 Å². The van der Waals surface area contributed by atoms with E-state index in [1.165, 1.54) is 12.1 Å². The average molecular weight is 461 g/mol. The van der Waals surface area contributed by atoms with E-state index in [9.17, 15) is 19.4 Å². The van der Waals surface area contributed by atoms with Crippen LogP contribution in [-0.4, -0.2) is 16.0 Å². The maximum Gasteiger partial charge on any atom is 0.197 e. The highest BCUT2D eigenvalue weighted by Gasteiger charge is 2.27. The van der Waals surface area contributed by atoms with E-state index in [1.54, 1.807) is 0 Å². The van der Waals surface area contributed by atoms with Crippen molar-refractivity contribution >= 4 is 48.6 Å². The SMILES string of the molecule is [2H]c1c([2H])c([2H])c2c(C(=O)c3cc(Br)c(O)c(Br)c3)c(C(C)F)oc2c1O. The van der Waals surface area contributed by atoms with Gasteiger partial charge in [-0.25, -0.2) is 4.39 Å². The van der Waals surface area contributed by atoms with Gasteiger partial charge in [-0.3, -0.25) is 4.79 Å². The van der Waals surface area contributed by atoms with Gasteiger partial charge in [0.25, 0.3) is 0 Å². The highest BCUT2D eigenvalue weighted by Crippen LogP contribution is 2.39. The maximum atomic E-state index is 14.2. The van der Waals surface area contributed by atoms with Gasteiger partial charge in [-0.2, -0.15) is 0 Å². The fourth-order valence-corrected chi connectivity index (χ4v) is 3.48. The molecule has 3 rings (SSSR count). The Balaban J connectivity index is 2.40. The quantitative estimate of drug-likeness (QED) is 0.497. The molecule has 0 bridgehead atoms. The standard InChI is InChI=1S/C17H11Br2FO4/c1-7(20)16-13(9-3-2-4-12(21)17(9)24-16)14(22)8-5-10(18)15(23)11(19)6-8/h2-7,21,23H,1H3/i2D,3D,4D. The van der Waals surface area contributed by atoms with E-state index in [-0.39, 0.29) is 36.8 Å². The lowest BCUT2D eigenvalue weighted by atomic mass is 9.99. The van der Waals surface area contributed by atoms with Crippen molar-refractivity contribution in [3.8, 4) is 11.5 Å². The van der Waals surface area contributed by atoms with Crippen molar-refractivity contribution in [3.05, 3.63) is 56.1 Å². The van der Waals surface area contributed by atoms with Crippen LogP contribution in [-0.2, 0) is 0 Å². The summed E-state index contributed by atoms with van der Waals surface area (Å²) in [5.41, 5.74) is -0.643. The molecule has 124 valence electrons. The first-order valence-corrected chi connectivity index (χ1v) is 8.26. The Morgan fingerprint density at radius 3 is 2.50 bits per heavy atom. The summed E-state index contributed by atoms with van der Waals surface area (Å²) in [4.78, 5) is 13.1. The molecule has 24 heavy (non-hydrogen) atoms. The Morgan fingerprint density at radius 2 is 1.92 bits per heavy atom. The van der Waals surface area contributed by atoms with Crippen LogP contribution in [0.1, 0.15) is 38.9 Å². The van der Waals surface area contributed by atoms with Crippen LogP contribution in [0.3, 0.4) is 0 Å². The normalized spacial score (nSPS) is 14.2.